The molecule has 3 heteroatoms. The Labute approximate surface area is 138 Å². The van der Waals surface area contributed by atoms with Gasteiger partial charge in [-0.2, -0.15) is 0 Å². The average molecular weight is 311 g/mol. The minimum Gasteiger partial charge on any atom is -0.481 e. The fourth-order valence-electron chi connectivity index (χ4n) is 2.32. The average Bonchev–Trinajstić information content (AvgIpc) is 2.52. The Balaban J connectivity index is 1.96. The second-order valence-corrected chi connectivity index (χ2v) is 6.15. The number of rotatable bonds is 5. The molecule has 3 nitrogen and oxygen atoms in total. The van der Waals surface area contributed by atoms with Gasteiger partial charge in [-0.25, -0.2) is 0 Å². The molecule has 2 aromatic rings. The Morgan fingerprint density at radius 3 is 2.22 bits per heavy atom. The molecular weight excluding hydrogens is 286 g/mol. The third-order valence-corrected chi connectivity index (χ3v) is 4.09. The number of carbonyl (C=O) groups excluding carboxylic acids is 1. The summed E-state index contributed by atoms with van der Waals surface area (Å²) in [5.74, 6) is 0.591. The first-order valence-corrected chi connectivity index (χ1v) is 7.97. The zero-order chi connectivity index (χ0) is 17.0. The number of benzene rings is 2. The normalized spacial score (nSPS) is 13.3. The lowest BCUT2D eigenvalue weighted by Gasteiger charge is -2.19. The molecule has 0 spiro atoms. The molecule has 0 aliphatic rings. The maximum atomic E-state index is 12.3. The highest BCUT2D eigenvalue weighted by Crippen LogP contribution is 2.18. The summed E-state index contributed by atoms with van der Waals surface area (Å²) in [6.45, 7) is 9.93. The Kier molecular flexibility index (Phi) is 5.43. The second-order valence-electron chi connectivity index (χ2n) is 6.15. The van der Waals surface area contributed by atoms with Crippen LogP contribution < -0.4 is 10.1 Å². The smallest absolute Gasteiger partial charge is 0.261 e. The predicted molar refractivity (Wildman–Crippen MR) is 93.7 cm³/mol. The Hall–Kier alpha value is -2.29. The van der Waals surface area contributed by atoms with Gasteiger partial charge in [0, 0.05) is 0 Å². The first kappa shape index (κ1) is 17.1. The number of carbonyl (C=O) groups is 1. The zero-order valence-corrected chi connectivity index (χ0v) is 14.5. The molecule has 0 aromatic heterocycles. The molecule has 1 N–H and O–H groups in total. The molecule has 0 saturated carbocycles. The van der Waals surface area contributed by atoms with E-state index in [1.807, 2.05) is 38.1 Å². The van der Waals surface area contributed by atoms with Gasteiger partial charge in [0.1, 0.15) is 5.75 Å². The van der Waals surface area contributed by atoms with E-state index in [1.54, 1.807) is 6.92 Å². The van der Waals surface area contributed by atoms with Crippen LogP contribution in [0, 0.1) is 20.8 Å². The molecular formula is C20H25NO2. The van der Waals surface area contributed by atoms with Crippen molar-refractivity contribution in [2.45, 2.75) is 46.8 Å². The predicted octanol–water partition coefficient (Wildman–Crippen LogP) is 4.26. The van der Waals surface area contributed by atoms with E-state index in [-0.39, 0.29) is 11.9 Å². The molecule has 0 saturated heterocycles. The van der Waals surface area contributed by atoms with Gasteiger partial charge >= 0.3 is 0 Å². The first-order valence-electron chi connectivity index (χ1n) is 7.97. The lowest BCUT2D eigenvalue weighted by molar-refractivity contribution is -0.127. The van der Waals surface area contributed by atoms with E-state index in [4.69, 9.17) is 4.74 Å². The van der Waals surface area contributed by atoms with Crippen molar-refractivity contribution in [1.82, 2.24) is 5.32 Å². The Bertz CT molecular complexity index is 677. The topological polar surface area (TPSA) is 38.3 Å². The van der Waals surface area contributed by atoms with Gasteiger partial charge in [0.25, 0.3) is 5.91 Å². The van der Waals surface area contributed by atoms with Crippen molar-refractivity contribution in [3.05, 3.63) is 64.7 Å². The number of ether oxygens (including phenoxy) is 1. The molecule has 23 heavy (non-hydrogen) atoms. The van der Waals surface area contributed by atoms with Crippen molar-refractivity contribution in [2.24, 2.45) is 0 Å². The largest absolute Gasteiger partial charge is 0.481 e. The van der Waals surface area contributed by atoms with Crippen LogP contribution in [0.15, 0.2) is 42.5 Å². The van der Waals surface area contributed by atoms with E-state index in [0.717, 1.165) is 11.1 Å². The van der Waals surface area contributed by atoms with E-state index in [2.05, 4.69) is 37.4 Å². The van der Waals surface area contributed by atoms with Crippen LogP contribution in [-0.2, 0) is 4.79 Å². The molecule has 0 aliphatic carbocycles. The fourth-order valence-corrected chi connectivity index (χ4v) is 2.32. The number of hydrogen-bond donors (Lipinski definition) is 1. The van der Waals surface area contributed by atoms with Crippen molar-refractivity contribution < 1.29 is 9.53 Å². The summed E-state index contributed by atoms with van der Waals surface area (Å²) in [6.07, 6.45) is -0.535. The molecule has 2 rings (SSSR count). The Morgan fingerprint density at radius 1 is 0.957 bits per heavy atom. The number of amides is 1. The summed E-state index contributed by atoms with van der Waals surface area (Å²) in [4.78, 5) is 12.3. The van der Waals surface area contributed by atoms with Gasteiger partial charge in [0.05, 0.1) is 6.04 Å². The summed E-state index contributed by atoms with van der Waals surface area (Å²) < 4.78 is 5.70. The monoisotopic (exact) mass is 311 g/mol. The lowest BCUT2D eigenvalue weighted by atomic mass is 10.0. The van der Waals surface area contributed by atoms with Crippen LogP contribution in [0.1, 0.15) is 42.1 Å². The number of aryl methyl sites for hydroxylation is 3. The molecule has 0 heterocycles. The van der Waals surface area contributed by atoms with Gasteiger partial charge in [0.15, 0.2) is 6.10 Å². The standard InChI is InChI=1S/C20H25NO2/c1-13-6-10-19(11-7-13)23-17(5)20(22)21-16(4)18-9-8-14(2)15(3)12-18/h6-12,16-17H,1-5H3,(H,21,22)/t16-,17+/m1/s1. The second kappa shape index (κ2) is 7.32. The fraction of sp³-hybridized carbons (Fsp3) is 0.350. The SMILES string of the molecule is Cc1ccc(O[C@@H](C)C(=O)N[C@H](C)c2ccc(C)c(C)c2)cc1. The van der Waals surface area contributed by atoms with Crippen LogP contribution in [0.4, 0.5) is 0 Å². The van der Waals surface area contributed by atoms with Gasteiger partial charge in [-0.15, -0.1) is 0 Å². The molecule has 122 valence electrons. The third kappa shape index (κ3) is 4.59. The minimum atomic E-state index is -0.535. The van der Waals surface area contributed by atoms with Crippen molar-refractivity contribution in [3.8, 4) is 5.75 Å². The van der Waals surface area contributed by atoms with Crippen LogP contribution in [-0.4, -0.2) is 12.0 Å². The van der Waals surface area contributed by atoms with Gasteiger partial charge in [0.2, 0.25) is 0 Å². The first-order chi connectivity index (χ1) is 10.9. The molecule has 1 amide bonds. The van der Waals surface area contributed by atoms with Gasteiger partial charge in [-0.3, -0.25) is 4.79 Å². The number of nitrogens with one attached hydrogen (secondary N) is 1. The Morgan fingerprint density at radius 2 is 1.61 bits per heavy atom. The highest BCUT2D eigenvalue weighted by Gasteiger charge is 2.18. The highest BCUT2D eigenvalue weighted by molar-refractivity contribution is 5.81. The zero-order valence-electron chi connectivity index (χ0n) is 14.5. The van der Waals surface area contributed by atoms with E-state index < -0.39 is 6.10 Å². The maximum absolute atomic E-state index is 12.3. The summed E-state index contributed by atoms with van der Waals surface area (Å²) in [5.41, 5.74) is 4.75. The third-order valence-electron chi connectivity index (χ3n) is 4.09. The molecule has 0 unspecified atom stereocenters. The van der Waals surface area contributed by atoms with Gasteiger partial charge in [-0.05, 0) is 63.4 Å². The molecule has 2 aromatic carbocycles. The van der Waals surface area contributed by atoms with Crippen molar-refractivity contribution in [2.75, 3.05) is 0 Å². The van der Waals surface area contributed by atoms with E-state index in [9.17, 15) is 4.79 Å². The van der Waals surface area contributed by atoms with E-state index >= 15 is 0 Å². The molecule has 0 bridgehead atoms. The summed E-state index contributed by atoms with van der Waals surface area (Å²) in [5, 5.41) is 3.01. The van der Waals surface area contributed by atoms with Crippen molar-refractivity contribution in [1.29, 1.82) is 0 Å². The minimum absolute atomic E-state index is 0.0501. The van der Waals surface area contributed by atoms with Crippen LogP contribution in [0.25, 0.3) is 0 Å². The maximum Gasteiger partial charge on any atom is 0.261 e. The molecule has 0 fully saturated rings. The molecule has 0 aliphatic heterocycles. The van der Waals surface area contributed by atoms with Crippen LogP contribution in [0.3, 0.4) is 0 Å². The highest BCUT2D eigenvalue weighted by atomic mass is 16.5. The quantitative estimate of drug-likeness (QED) is 0.896. The molecule has 0 radical (unpaired) electrons. The summed E-state index contributed by atoms with van der Waals surface area (Å²) >= 11 is 0. The summed E-state index contributed by atoms with van der Waals surface area (Å²) in [7, 11) is 0. The number of hydrogen-bond acceptors (Lipinski definition) is 2. The van der Waals surface area contributed by atoms with E-state index in [0.29, 0.717) is 5.75 Å². The van der Waals surface area contributed by atoms with Crippen molar-refractivity contribution in [3.63, 3.8) is 0 Å². The molecule has 2 atom stereocenters. The van der Waals surface area contributed by atoms with Gasteiger partial charge in [-0.1, -0.05) is 35.9 Å². The van der Waals surface area contributed by atoms with Gasteiger partial charge < -0.3 is 10.1 Å². The summed E-state index contributed by atoms with van der Waals surface area (Å²) in [6, 6.07) is 13.9. The lowest BCUT2D eigenvalue weighted by Crippen LogP contribution is -2.37. The van der Waals surface area contributed by atoms with Crippen molar-refractivity contribution >= 4 is 5.91 Å². The van der Waals surface area contributed by atoms with Crippen LogP contribution in [0.2, 0.25) is 0 Å². The van der Waals surface area contributed by atoms with Crippen LogP contribution >= 0.6 is 0 Å². The van der Waals surface area contributed by atoms with E-state index in [1.165, 1.54) is 11.1 Å². The van der Waals surface area contributed by atoms with Crippen LogP contribution in [0.5, 0.6) is 5.75 Å².